The van der Waals surface area contributed by atoms with Gasteiger partial charge >= 0.3 is 0 Å². The molecule has 4 heteroatoms. The number of piperidine rings is 2. The molecule has 3 heterocycles. The predicted octanol–water partition coefficient (Wildman–Crippen LogP) is 2.94. The van der Waals surface area contributed by atoms with Crippen molar-refractivity contribution in [3.05, 3.63) is 24.0 Å². The molecular formula is C17H25N3O. The molecule has 2 aliphatic rings. The van der Waals surface area contributed by atoms with Crippen molar-refractivity contribution in [2.75, 3.05) is 31.1 Å². The molecule has 2 fully saturated rings. The lowest BCUT2D eigenvalue weighted by molar-refractivity contribution is 0.0724. The standard InChI is InChI=1S/C17H25N3O/c1-14-6-5-9-20(13-14)16-10-15(11-18-12-16)17(21)19-7-3-2-4-8-19/h10-12,14H,2-9,13H2,1H3. The number of anilines is 1. The zero-order valence-electron chi connectivity index (χ0n) is 12.9. The van der Waals surface area contributed by atoms with Crippen LogP contribution in [0.2, 0.25) is 0 Å². The quantitative estimate of drug-likeness (QED) is 0.839. The number of nitrogens with zero attached hydrogens (tertiary/aromatic N) is 3. The first-order valence-corrected chi connectivity index (χ1v) is 8.23. The second-order valence-corrected chi connectivity index (χ2v) is 6.48. The number of pyridine rings is 1. The lowest BCUT2D eigenvalue weighted by atomic mass is 10.00. The number of hydrogen-bond donors (Lipinski definition) is 0. The molecular weight excluding hydrogens is 262 g/mol. The van der Waals surface area contributed by atoms with Crippen molar-refractivity contribution in [3.63, 3.8) is 0 Å². The molecule has 0 aromatic carbocycles. The molecule has 0 N–H and O–H groups in total. The number of aromatic nitrogens is 1. The highest BCUT2D eigenvalue weighted by molar-refractivity contribution is 5.94. The van der Waals surface area contributed by atoms with Gasteiger partial charge in [-0.25, -0.2) is 0 Å². The van der Waals surface area contributed by atoms with Crippen LogP contribution in [0, 0.1) is 5.92 Å². The average Bonchev–Trinajstić information content (AvgIpc) is 2.55. The second-order valence-electron chi connectivity index (χ2n) is 6.48. The van der Waals surface area contributed by atoms with E-state index in [1.165, 1.54) is 19.3 Å². The Morgan fingerprint density at radius 3 is 2.71 bits per heavy atom. The van der Waals surface area contributed by atoms with Gasteiger partial charge in [-0.2, -0.15) is 0 Å². The minimum absolute atomic E-state index is 0.147. The van der Waals surface area contributed by atoms with Crippen molar-refractivity contribution in [2.24, 2.45) is 5.92 Å². The second kappa shape index (κ2) is 6.46. The van der Waals surface area contributed by atoms with Gasteiger partial charge in [0.15, 0.2) is 0 Å². The van der Waals surface area contributed by atoms with Gasteiger partial charge in [-0.1, -0.05) is 6.92 Å². The molecule has 1 unspecified atom stereocenters. The van der Waals surface area contributed by atoms with Crippen LogP contribution < -0.4 is 4.90 Å². The van der Waals surface area contributed by atoms with Crippen LogP contribution in [0.15, 0.2) is 18.5 Å². The summed E-state index contributed by atoms with van der Waals surface area (Å²) in [5.74, 6) is 0.870. The highest BCUT2D eigenvalue weighted by atomic mass is 16.2. The van der Waals surface area contributed by atoms with Gasteiger partial charge in [0.1, 0.15) is 0 Å². The normalized spacial score (nSPS) is 23.2. The van der Waals surface area contributed by atoms with Gasteiger partial charge in [-0.05, 0) is 44.1 Å². The molecule has 21 heavy (non-hydrogen) atoms. The monoisotopic (exact) mass is 287 g/mol. The number of likely N-dealkylation sites (tertiary alicyclic amines) is 1. The molecule has 1 aromatic heterocycles. The minimum atomic E-state index is 0.147. The molecule has 0 spiro atoms. The molecule has 0 saturated carbocycles. The van der Waals surface area contributed by atoms with Crippen LogP contribution in [-0.2, 0) is 0 Å². The average molecular weight is 287 g/mol. The number of rotatable bonds is 2. The summed E-state index contributed by atoms with van der Waals surface area (Å²) in [6.45, 7) is 6.23. The summed E-state index contributed by atoms with van der Waals surface area (Å²) < 4.78 is 0. The molecule has 0 aliphatic carbocycles. The van der Waals surface area contributed by atoms with Gasteiger partial charge in [-0.3, -0.25) is 9.78 Å². The van der Waals surface area contributed by atoms with E-state index in [0.29, 0.717) is 0 Å². The minimum Gasteiger partial charge on any atom is -0.370 e. The van der Waals surface area contributed by atoms with E-state index < -0.39 is 0 Å². The van der Waals surface area contributed by atoms with Crippen LogP contribution in [0.25, 0.3) is 0 Å². The summed E-state index contributed by atoms with van der Waals surface area (Å²) in [6, 6.07) is 2.03. The third kappa shape index (κ3) is 3.36. The maximum absolute atomic E-state index is 12.6. The topological polar surface area (TPSA) is 36.4 Å². The fourth-order valence-electron chi connectivity index (χ4n) is 3.42. The lowest BCUT2D eigenvalue weighted by Gasteiger charge is -2.33. The van der Waals surface area contributed by atoms with Crippen LogP contribution >= 0.6 is 0 Å². The number of carbonyl (C=O) groups excluding carboxylic acids is 1. The summed E-state index contributed by atoms with van der Waals surface area (Å²) in [5.41, 5.74) is 1.84. The number of carbonyl (C=O) groups is 1. The largest absolute Gasteiger partial charge is 0.370 e. The first-order chi connectivity index (χ1) is 10.2. The Kier molecular flexibility index (Phi) is 4.42. The molecule has 1 atom stereocenters. The van der Waals surface area contributed by atoms with Crippen molar-refractivity contribution in [2.45, 2.75) is 39.0 Å². The molecule has 3 rings (SSSR count). The third-order valence-corrected chi connectivity index (χ3v) is 4.64. The van der Waals surface area contributed by atoms with Gasteiger partial charge in [-0.15, -0.1) is 0 Å². The first-order valence-electron chi connectivity index (χ1n) is 8.23. The molecule has 114 valence electrons. The van der Waals surface area contributed by atoms with Crippen LogP contribution in [0.3, 0.4) is 0 Å². The van der Waals surface area contributed by atoms with Crippen molar-refractivity contribution in [1.29, 1.82) is 0 Å². The van der Waals surface area contributed by atoms with E-state index in [-0.39, 0.29) is 5.91 Å². The predicted molar refractivity (Wildman–Crippen MR) is 84.6 cm³/mol. The highest BCUT2D eigenvalue weighted by Crippen LogP contribution is 2.23. The van der Waals surface area contributed by atoms with Crippen molar-refractivity contribution >= 4 is 11.6 Å². The Morgan fingerprint density at radius 2 is 1.95 bits per heavy atom. The van der Waals surface area contributed by atoms with E-state index in [1.807, 2.05) is 17.2 Å². The summed E-state index contributed by atoms with van der Waals surface area (Å²) in [7, 11) is 0. The Balaban J connectivity index is 1.74. The van der Waals surface area contributed by atoms with E-state index >= 15 is 0 Å². The summed E-state index contributed by atoms with van der Waals surface area (Å²) in [6.07, 6.45) is 9.64. The van der Waals surface area contributed by atoms with Crippen molar-refractivity contribution < 1.29 is 4.79 Å². The van der Waals surface area contributed by atoms with Gasteiger partial charge in [0.2, 0.25) is 0 Å². The maximum atomic E-state index is 12.6. The summed E-state index contributed by atoms with van der Waals surface area (Å²) in [4.78, 5) is 21.2. The molecule has 1 amide bonds. The van der Waals surface area contributed by atoms with E-state index in [9.17, 15) is 4.79 Å². The van der Waals surface area contributed by atoms with Crippen LogP contribution in [0.1, 0.15) is 49.4 Å². The van der Waals surface area contributed by atoms with E-state index in [2.05, 4.69) is 16.8 Å². The molecule has 4 nitrogen and oxygen atoms in total. The van der Waals surface area contributed by atoms with E-state index in [0.717, 1.165) is 56.2 Å². The number of hydrogen-bond acceptors (Lipinski definition) is 3. The molecule has 0 radical (unpaired) electrons. The zero-order valence-corrected chi connectivity index (χ0v) is 12.9. The molecule has 1 aromatic rings. The Labute approximate surface area is 127 Å². The van der Waals surface area contributed by atoms with Gasteiger partial charge in [0.05, 0.1) is 17.4 Å². The summed E-state index contributed by atoms with van der Waals surface area (Å²) >= 11 is 0. The van der Waals surface area contributed by atoms with Crippen LogP contribution in [0.5, 0.6) is 0 Å². The van der Waals surface area contributed by atoms with Crippen LogP contribution in [0.4, 0.5) is 5.69 Å². The van der Waals surface area contributed by atoms with Crippen molar-refractivity contribution in [1.82, 2.24) is 9.88 Å². The SMILES string of the molecule is CC1CCCN(c2cncc(C(=O)N3CCCCC3)c2)C1. The van der Waals surface area contributed by atoms with Gasteiger partial charge in [0, 0.05) is 32.4 Å². The van der Waals surface area contributed by atoms with Crippen LogP contribution in [-0.4, -0.2) is 42.0 Å². The van der Waals surface area contributed by atoms with Crippen molar-refractivity contribution in [3.8, 4) is 0 Å². The zero-order chi connectivity index (χ0) is 14.7. The van der Waals surface area contributed by atoms with E-state index in [1.54, 1.807) is 6.20 Å². The maximum Gasteiger partial charge on any atom is 0.255 e. The summed E-state index contributed by atoms with van der Waals surface area (Å²) in [5, 5.41) is 0. The molecule has 0 bridgehead atoms. The Hall–Kier alpha value is -1.58. The Morgan fingerprint density at radius 1 is 1.14 bits per heavy atom. The van der Waals surface area contributed by atoms with Gasteiger partial charge in [0.25, 0.3) is 5.91 Å². The van der Waals surface area contributed by atoms with E-state index in [4.69, 9.17) is 0 Å². The lowest BCUT2D eigenvalue weighted by Crippen LogP contribution is -2.36. The molecule has 2 aliphatic heterocycles. The molecule has 2 saturated heterocycles. The fourth-order valence-corrected chi connectivity index (χ4v) is 3.42. The Bertz CT molecular complexity index is 497. The number of amides is 1. The fraction of sp³-hybridized carbons (Fsp3) is 0.647. The van der Waals surface area contributed by atoms with Gasteiger partial charge < -0.3 is 9.80 Å². The third-order valence-electron chi connectivity index (χ3n) is 4.64. The smallest absolute Gasteiger partial charge is 0.255 e. The highest BCUT2D eigenvalue weighted by Gasteiger charge is 2.21. The first kappa shape index (κ1) is 14.4.